The summed E-state index contributed by atoms with van der Waals surface area (Å²) in [6, 6.07) is 17.4. The van der Waals surface area contributed by atoms with Crippen LogP contribution in [-0.2, 0) is 9.59 Å². The van der Waals surface area contributed by atoms with E-state index in [1.807, 2.05) is 54.6 Å². The molecule has 2 aromatic rings. The Morgan fingerprint density at radius 3 is 2.53 bits per heavy atom. The van der Waals surface area contributed by atoms with Gasteiger partial charge in [0.05, 0.1) is 5.92 Å². The van der Waals surface area contributed by atoms with E-state index in [4.69, 9.17) is 9.47 Å². The molecule has 3 aliphatic rings. The van der Waals surface area contributed by atoms with Crippen molar-refractivity contribution in [3.8, 4) is 11.5 Å². The maximum atomic E-state index is 12.7. The lowest BCUT2D eigenvalue weighted by molar-refractivity contribution is -0.142. The molecule has 2 saturated heterocycles. The maximum Gasteiger partial charge on any atom is 0.290 e. The fraction of sp³-hybridized carbons (Fsp3) is 0.417. The zero-order valence-corrected chi connectivity index (χ0v) is 16.9. The third-order valence-corrected chi connectivity index (χ3v) is 6.32. The Balaban J connectivity index is 1.23. The highest BCUT2D eigenvalue weighted by atomic mass is 16.6. The fourth-order valence-electron chi connectivity index (χ4n) is 4.80. The molecular weight excluding hydrogens is 380 g/mol. The van der Waals surface area contributed by atoms with Crippen molar-refractivity contribution in [2.75, 3.05) is 32.8 Å². The topological polar surface area (TPSA) is 59.1 Å². The van der Waals surface area contributed by atoms with Gasteiger partial charge in [-0.25, -0.2) is 0 Å². The Kier molecular flexibility index (Phi) is 5.17. The molecule has 0 bridgehead atoms. The van der Waals surface area contributed by atoms with E-state index in [2.05, 4.69) is 4.90 Å². The standard InChI is InChI=1S/C24H26N2O4/c27-23-20(17-7-2-1-3-8-17)15-26(24(23)28)18-9-6-12-25(13-18)14-19-16-29-21-10-4-5-11-22(21)30-19/h1-5,7-8,10-11,18-20H,6,9,12-16H2/t18-,19-,20?/m0/s1. The van der Waals surface area contributed by atoms with Crippen molar-refractivity contribution >= 4 is 11.7 Å². The average Bonchev–Trinajstić information content (AvgIpc) is 3.09. The molecule has 156 valence electrons. The molecule has 3 atom stereocenters. The summed E-state index contributed by atoms with van der Waals surface area (Å²) in [4.78, 5) is 29.5. The summed E-state index contributed by atoms with van der Waals surface area (Å²) in [5.74, 6) is 0.619. The highest BCUT2D eigenvalue weighted by Crippen LogP contribution is 2.32. The Morgan fingerprint density at radius 1 is 0.933 bits per heavy atom. The van der Waals surface area contributed by atoms with Gasteiger partial charge in [-0.1, -0.05) is 42.5 Å². The molecule has 3 aliphatic heterocycles. The fourth-order valence-corrected chi connectivity index (χ4v) is 4.80. The van der Waals surface area contributed by atoms with Gasteiger partial charge >= 0.3 is 0 Å². The number of carbonyl (C=O) groups is 2. The Bertz CT molecular complexity index is 932. The quantitative estimate of drug-likeness (QED) is 0.731. The molecule has 3 heterocycles. The van der Waals surface area contributed by atoms with Crippen molar-refractivity contribution in [3.05, 3.63) is 60.2 Å². The predicted octanol–water partition coefficient (Wildman–Crippen LogP) is 2.49. The molecule has 30 heavy (non-hydrogen) atoms. The number of hydrogen-bond donors (Lipinski definition) is 0. The molecule has 0 aliphatic carbocycles. The number of carbonyl (C=O) groups excluding carboxylic acids is 2. The minimum absolute atomic E-state index is 0.0355. The van der Waals surface area contributed by atoms with Crippen molar-refractivity contribution in [1.82, 2.24) is 9.80 Å². The van der Waals surface area contributed by atoms with E-state index < -0.39 is 0 Å². The molecule has 6 heteroatoms. The van der Waals surface area contributed by atoms with Gasteiger partial charge in [-0.05, 0) is 37.1 Å². The number of Topliss-reactive ketones (excluding diaryl/α,β-unsaturated/α-hetero) is 1. The van der Waals surface area contributed by atoms with Crippen LogP contribution in [-0.4, -0.2) is 66.4 Å². The highest BCUT2D eigenvalue weighted by molar-refractivity contribution is 6.40. The van der Waals surface area contributed by atoms with Crippen molar-refractivity contribution in [2.45, 2.75) is 30.9 Å². The third-order valence-electron chi connectivity index (χ3n) is 6.32. The first-order chi connectivity index (χ1) is 14.7. The summed E-state index contributed by atoms with van der Waals surface area (Å²) in [7, 11) is 0. The van der Waals surface area contributed by atoms with E-state index in [1.165, 1.54) is 0 Å². The van der Waals surface area contributed by atoms with Crippen LogP contribution in [0.5, 0.6) is 11.5 Å². The first-order valence-corrected chi connectivity index (χ1v) is 10.7. The van der Waals surface area contributed by atoms with Gasteiger partial charge in [-0.3, -0.25) is 14.5 Å². The molecule has 5 rings (SSSR count). The van der Waals surface area contributed by atoms with Crippen LogP contribution in [0.4, 0.5) is 0 Å². The average molecular weight is 406 g/mol. The monoisotopic (exact) mass is 406 g/mol. The van der Waals surface area contributed by atoms with Gasteiger partial charge in [0, 0.05) is 25.7 Å². The van der Waals surface area contributed by atoms with Gasteiger partial charge in [0.25, 0.3) is 5.91 Å². The molecule has 0 saturated carbocycles. The SMILES string of the molecule is O=C1C(=O)N([C@H]2CCCN(C[C@H]3COc4ccccc4O3)C2)CC1c1ccccc1. The third kappa shape index (κ3) is 3.67. The van der Waals surface area contributed by atoms with E-state index in [1.54, 1.807) is 4.90 Å². The van der Waals surface area contributed by atoms with Crippen molar-refractivity contribution < 1.29 is 19.1 Å². The minimum Gasteiger partial charge on any atom is -0.486 e. The molecule has 0 N–H and O–H groups in total. The summed E-state index contributed by atoms with van der Waals surface area (Å²) in [5.41, 5.74) is 0.928. The summed E-state index contributed by atoms with van der Waals surface area (Å²) < 4.78 is 11.9. The molecule has 2 fully saturated rings. The van der Waals surface area contributed by atoms with Crippen LogP contribution in [0.3, 0.4) is 0 Å². The van der Waals surface area contributed by atoms with E-state index in [0.717, 1.165) is 49.5 Å². The van der Waals surface area contributed by atoms with Gasteiger partial charge in [-0.15, -0.1) is 0 Å². The molecule has 2 aromatic carbocycles. The number of ether oxygens (including phenoxy) is 2. The Labute approximate surface area is 176 Å². The number of fused-ring (bicyclic) bond motifs is 1. The number of benzene rings is 2. The second-order valence-electron chi connectivity index (χ2n) is 8.34. The lowest BCUT2D eigenvalue weighted by Gasteiger charge is -2.39. The zero-order valence-electron chi connectivity index (χ0n) is 16.9. The first kappa shape index (κ1) is 19.1. The number of ketones is 1. The number of piperidine rings is 1. The van der Waals surface area contributed by atoms with Gasteiger partial charge in [-0.2, -0.15) is 0 Å². The number of rotatable bonds is 4. The summed E-state index contributed by atoms with van der Waals surface area (Å²) in [6.45, 7) is 3.49. The number of likely N-dealkylation sites (tertiary alicyclic amines) is 2. The molecule has 6 nitrogen and oxygen atoms in total. The normalized spacial score (nSPS) is 26.8. The number of para-hydroxylation sites is 2. The van der Waals surface area contributed by atoms with Crippen molar-refractivity contribution in [2.24, 2.45) is 0 Å². The van der Waals surface area contributed by atoms with E-state index in [-0.39, 0.29) is 29.8 Å². The van der Waals surface area contributed by atoms with Gasteiger partial charge < -0.3 is 14.4 Å². The zero-order chi connectivity index (χ0) is 20.5. The first-order valence-electron chi connectivity index (χ1n) is 10.7. The molecule has 1 amide bonds. The number of hydrogen-bond acceptors (Lipinski definition) is 5. The lowest BCUT2D eigenvalue weighted by Crippen LogP contribution is -2.52. The van der Waals surface area contributed by atoms with Gasteiger partial charge in [0.1, 0.15) is 12.7 Å². The van der Waals surface area contributed by atoms with Crippen LogP contribution in [0.1, 0.15) is 24.3 Å². The van der Waals surface area contributed by atoms with Crippen molar-refractivity contribution in [1.29, 1.82) is 0 Å². The van der Waals surface area contributed by atoms with E-state index in [9.17, 15) is 9.59 Å². The van der Waals surface area contributed by atoms with Crippen LogP contribution >= 0.6 is 0 Å². The van der Waals surface area contributed by atoms with Crippen molar-refractivity contribution in [3.63, 3.8) is 0 Å². The summed E-state index contributed by atoms with van der Waals surface area (Å²) in [6.07, 6.45) is 1.90. The largest absolute Gasteiger partial charge is 0.486 e. The smallest absolute Gasteiger partial charge is 0.290 e. The van der Waals surface area contributed by atoms with Crippen LogP contribution in [0.15, 0.2) is 54.6 Å². The van der Waals surface area contributed by atoms with Gasteiger partial charge in [0.15, 0.2) is 11.5 Å². The molecule has 0 radical (unpaired) electrons. The minimum atomic E-state index is -0.347. The Hall–Kier alpha value is -2.86. The number of nitrogens with zero attached hydrogens (tertiary/aromatic N) is 2. The van der Waals surface area contributed by atoms with E-state index >= 15 is 0 Å². The molecular formula is C24H26N2O4. The highest BCUT2D eigenvalue weighted by Gasteiger charge is 2.43. The summed E-state index contributed by atoms with van der Waals surface area (Å²) >= 11 is 0. The maximum absolute atomic E-state index is 12.7. The second-order valence-corrected chi connectivity index (χ2v) is 8.34. The second kappa shape index (κ2) is 8.11. The lowest BCUT2D eigenvalue weighted by atomic mass is 9.97. The van der Waals surface area contributed by atoms with Crippen LogP contribution in [0, 0.1) is 0 Å². The predicted molar refractivity (Wildman–Crippen MR) is 112 cm³/mol. The molecule has 0 aromatic heterocycles. The van der Waals surface area contributed by atoms with E-state index in [0.29, 0.717) is 13.2 Å². The molecule has 1 unspecified atom stereocenters. The summed E-state index contributed by atoms with van der Waals surface area (Å²) in [5, 5.41) is 0. The number of amides is 1. The van der Waals surface area contributed by atoms with Gasteiger partial charge in [0.2, 0.25) is 5.78 Å². The Morgan fingerprint density at radius 2 is 1.70 bits per heavy atom. The van der Waals surface area contributed by atoms with Crippen LogP contribution < -0.4 is 9.47 Å². The van der Waals surface area contributed by atoms with Crippen LogP contribution in [0.25, 0.3) is 0 Å². The van der Waals surface area contributed by atoms with Crippen LogP contribution in [0.2, 0.25) is 0 Å². The molecule has 0 spiro atoms.